The molecule has 0 aliphatic carbocycles. The van der Waals surface area contributed by atoms with Crippen molar-refractivity contribution in [3.05, 3.63) is 102 Å². The third kappa shape index (κ3) is 17.0. The number of aliphatic hydroxyl groups is 1. The van der Waals surface area contributed by atoms with Gasteiger partial charge in [-0.15, -0.1) is 11.3 Å². The number of hydrogen-bond acceptors (Lipinski definition) is 14. The average molecular weight is 1100 g/mol. The number of ether oxygens (including phenoxy) is 3. The number of benzene rings is 3. The maximum atomic E-state index is 14.1. The number of nitrogens with one attached hydrogen (secondary N) is 1. The number of unbranched alkanes of at least 4 members (excludes halogenated alkanes) is 7. The number of amides is 2. The molecule has 3 atom stereocenters. The van der Waals surface area contributed by atoms with E-state index in [1.54, 1.807) is 11.3 Å². The molecule has 8 rings (SSSR count). The van der Waals surface area contributed by atoms with Crippen LogP contribution < -0.4 is 15.8 Å². The standard InChI is InChI=1S/C62H83N9O7S/c1-44-57(79-43-67-44)47-23-21-45(22-24-47)40-64-60(74)54-39-50(73)41-70(54)61(75)53(62(2,3)4)38-49(72)18-10-8-15-35-77-37-17-9-16-36-76-34-14-6-5-13-31-69-32-29-48(30-33-69)71-59-55(58(63)65-42-66-59)56(68-71)46-25-27-52(28-26-46)78-51-19-11-7-12-20-51/h7,11-12,19-28,42-43,48,50,53-54,73H,5-6,8-10,13-18,29-41H2,1-4H3,(H,64,74)(H2,63,65,66)/t50-,53-,54+/m1/s1. The molecule has 17 heteroatoms. The number of carbonyl (C=O) groups excluding carboxylic acids is 3. The van der Waals surface area contributed by atoms with Gasteiger partial charge < -0.3 is 40.2 Å². The summed E-state index contributed by atoms with van der Waals surface area (Å²) in [5, 5.41) is 19.5. The van der Waals surface area contributed by atoms with Gasteiger partial charge in [-0.25, -0.2) is 19.6 Å². The van der Waals surface area contributed by atoms with Crippen molar-refractivity contribution in [3.8, 4) is 33.2 Å². The van der Waals surface area contributed by atoms with E-state index < -0.39 is 23.5 Å². The number of nitrogens with two attached hydrogens (primary N) is 1. The first-order valence-electron chi connectivity index (χ1n) is 28.8. The predicted octanol–water partition coefficient (Wildman–Crippen LogP) is 11.2. The number of anilines is 1. The zero-order valence-corrected chi connectivity index (χ0v) is 47.8. The maximum absolute atomic E-state index is 14.1. The number of aryl methyl sites for hydroxylation is 1. The Morgan fingerprint density at radius 1 is 0.785 bits per heavy atom. The van der Waals surface area contributed by atoms with Crippen molar-refractivity contribution in [1.29, 1.82) is 0 Å². The predicted molar refractivity (Wildman–Crippen MR) is 312 cm³/mol. The SMILES string of the molecule is Cc1ncsc1-c1ccc(CNC(=O)[C@@H]2C[C@@H](O)CN2C(=O)[C@@H](CC(=O)CCCCCOCCCCCOCCCCCCN2CCC(n3nc(-c4ccc(Oc5ccccc5)cc4)c4c(N)ncnc43)CC2)C(C)(C)C)cc1. The number of Topliss-reactive ketones (excluding diaryl/α,β-unsaturated/α-hetero) is 1. The van der Waals surface area contributed by atoms with E-state index >= 15 is 0 Å². The molecule has 2 fully saturated rings. The van der Waals surface area contributed by atoms with Crippen molar-refractivity contribution < 1.29 is 33.7 Å². The molecule has 79 heavy (non-hydrogen) atoms. The van der Waals surface area contributed by atoms with Crippen LogP contribution in [0.1, 0.15) is 134 Å². The van der Waals surface area contributed by atoms with E-state index in [0.717, 1.165) is 153 Å². The number of carbonyl (C=O) groups is 3. The van der Waals surface area contributed by atoms with Gasteiger partial charge in [-0.1, -0.05) is 82.5 Å². The van der Waals surface area contributed by atoms with Gasteiger partial charge in [-0.3, -0.25) is 14.4 Å². The third-order valence-electron chi connectivity index (χ3n) is 15.4. The van der Waals surface area contributed by atoms with Crippen LogP contribution in [-0.2, 0) is 30.4 Å². The van der Waals surface area contributed by atoms with E-state index in [4.69, 9.17) is 25.0 Å². The minimum atomic E-state index is -0.801. The number of para-hydroxylation sites is 1. The van der Waals surface area contributed by atoms with Crippen LogP contribution in [0.4, 0.5) is 5.82 Å². The first-order valence-corrected chi connectivity index (χ1v) is 29.7. The van der Waals surface area contributed by atoms with Crippen molar-refractivity contribution in [1.82, 2.24) is 39.8 Å². The van der Waals surface area contributed by atoms with Gasteiger partial charge in [-0.2, -0.15) is 5.10 Å². The number of aliphatic hydroxyl groups excluding tert-OH is 1. The second-order valence-corrected chi connectivity index (χ2v) is 23.4. The lowest BCUT2D eigenvalue weighted by Crippen LogP contribution is -2.50. The molecule has 0 radical (unpaired) electrons. The lowest BCUT2D eigenvalue weighted by Gasteiger charge is -2.34. The number of fused-ring (bicyclic) bond motifs is 1. The second-order valence-electron chi connectivity index (χ2n) is 22.5. The summed E-state index contributed by atoms with van der Waals surface area (Å²) in [4.78, 5) is 59.3. The Balaban J connectivity index is 0.620. The van der Waals surface area contributed by atoms with E-state index in [1.807, 2.05) is 112 Å². The lowest BCUT2D eigenvalue weighted by atomic mass is 9.76. The van der Waals surface area contributed by atoms with E-state index in [2.05, 4.69) is 29.9 Å². The van der Waals surface area contributed by atoms with Crippen LogP contribution >= 0.6 is 11.3 Å². The van der Waals surface area contributed by atoms with Crippen LogP contribution in [0.3, 0.4) is 0 Å². The normalized spacial score (nSPS) is 16.6. The van der Waals surface area contributed by atoms with Gasteiger partial charge in [0, 0.05) is 83.4 Å². The summed E-state index contributed by atoms with van der Waals surface area (Å²) in [5.74, 6) is 0.884. The minimum absolute atomic E-state index is 0.0475. The van der Waals surface area contributed by atoms with E-state index in [-0.39, 0.29) is 43.0 Å². The molecule has 2 aliphatic heterocycles. The number of nitrogen functional groups attached to an aromatic ring is 1. The second kappa shape index (κ2) is 29.4. The first-order chi connectivity index (χ1) is 38.3. The molecule has 0 unspecified atom stereocenters. The monoisotopic (exact) mass is 1100 g/mol. The highest BCUT2D eigenvalue weighted by molar-refractivity contribution is 7.13. The van der Waals surface area contributed by atoms with Gasteiger partial charge in [0.1, 0.15) is 41.2 Å². The number of aromatic nitrogens is 5. The molecule has 5 heterocycles. The molecule has 2 amide bonds. The fourth-order valence-corrected chi connectivity index (χ4v) is 11.6. The average Bonchev–Trinajstić information content (AvgIpc) is 4.32. The van der Waals surface area contributed by atoms with E-state index in [1.165, 1.54) is 30.5 Å². The fraction of sp³-hybridized carbons (Fsp3) is 0.532. The third-order valence-corrected chi connectivity index (χ3v) is 16.4. The largest absolute Gasteiger partial charge is 0.457 e. The Kier molecular flexibility index (Phi) is 22.0. The van der Waals surface area contributed by atoms with Crippen molar-refractivity contribution in [3.63, 3.8) is 0 Å². The molecular formula is C62H83N9O7S. The molecular weight excluding hydrogens is 1010 g/mol. The van der Waals surface area contributed by atoms with Crippen LogP contribution in [0.15, 0.2) is 90.7 Å². The van der Waals surface area contributed by atoms with Gasteiger partial charge in [-0.05, 0) is 124 Å². The maximum Gasteiger partial charge on any atom is 0.243 e. The van der Waals surface area contributed by atoms with E-state index in [9.17, 15) is 19.5 Å². The topological polar surface area (TPSA) is 200 Å². The van der Waals surface area contributed by atoms with Crippen molar-refractivity contribution in [2.24, 2.45) is 11.3 Å². The van der Waals surface area contributed by atoms with Gasteiger partial charge in [0.15, 0.2) is 5.65 Å². The molecule has 4 N–H and O–H groups in total. The summed E-state index contributed by atoms with van der Waals surface area (Å²) in [7, 11) is 0. The zero-order valence-electron chi connectivity index (χ0n) is 47.0. The van der Waals surface area contributed by atoms with E-state index in [0.29, 0.717) is 25.4 Å². The van der Waals surface area contributed by atoms with Crippen LogP contribution in [0, 0.1) is 18.3 Å². The number of hydrogen-bond donors (Lipinski definition) is 3. The molecule has 0 bridgehead atoms. The summed E-state index contributed by atoms with van der Waals surface area (Å²) < 4.78 is 19.9. The first kappa shape index (κ1) is 59.0. The number of likely N-dealkylation sites (tertiary alicyclic amines) is 2. The molecule has 3 aromatic carbocycles. The summed E-state index contributed by atoms with van der Waals surface area (Å²) >= 11 is 1.59. The fourth-order valence-electron chi connectivity index (χ4n) is 10.8. The van der Waals surface area contributed by atoms with Gasteiger partial charge in [0.25, 0.3) is 0 Å². The molecule has 2 aliphatic rings. The highest BCUT2D eigenvalue weighted by Crippen LogP contribution is 2.37. The van der Waals surface area contributed by atoms with Crippen molar-refractivity contribution in [2.45, 2.75) is 149 Å². The Morgan fingerprint density at radius 3 is 2.08 bits per heavy atom. The summed E-state index contributed by atoms with van der Waals surface area (Å²) in [6, 6.07) is 25.1. The van der Waals surface area contributed by atoms with Crippen LogP contribution in [-0.4, -0.2) is 122 Å². The molecule has 16 nitrogen and oxygen atoms in total. The van der Waals surface area contributed by atoms with Crippen LogP contribution in [0.5, 0.6) is 11.5 Å². The number of ketones is 1. The summed E-state index contributed by atoms with van der Waals surface area (Å²) in [6.45, 7) is 14.4. The summed E-state index contributed by atoms with van der Waals surface area (Å²) in [6.07, 6.45) is 13.7. The zero-order chi connectivity index (χ0) is 55.6. The molecule has 2 saturated heterocycles. The number of nitrogens with zero attached hydrogens (tertiary/aromatic N) is 7. The van der Waals surface area contributed by atoms with Crippen molar-refractivity contribution in [2.75, 3.05) is 58.3 Å². The Bertz CT molecular complexity index is 2850. The Labute approximate surface area is 470 Å². The minimum Gasteiger partial charge on any atom is -0.457 e. The molecule has 0 saturated carbocycles. The number of rotatable bonds is 30. The molecule has 424 valence electrons. The molecule has 6 aromatic rings. The number of piperidine rings is 1. The van der Waals surface area contributed by atoms with Crippen molar-refractivity contribution >= 4 is 45.8 Å². The van der Waals surface area contributed by atoms with Crippen LogP contribution in [0.25, 0.3) is 32.7 Å². The number of β-amino-alcohol motifs (C(OH)–C–C–N with tert-alkyl or cyclic N) is 1. The van der Waals surface area contributed by atoms with Crippen LogP contribution in [0.2, 0.25) is 0 Å². The Hall–Kier alpha value is -6.11. The quantitative estimate of drug-likeness (QED) is 0.0360. The molecule has 0 spiro atoms. The van der Waals surface area contributed by atoms with Gasteiger partial charge in [0.05, 0.1) is 33.6 Å². The van der Waals surface area contributed by atoms with Gasteiger partial charge in [0.2, 0.25) is 11.8 Å². The smallest absolute Gasteiger partial charge is 0.243 e. The summed E-state index contributed by atoms with van der Waals surface area (Å²) in [5.41, 5.74) is 13.3. The Morgan fingerprint density at radius 2 is 1.42 bits per heavy atom. The van der Waals surface area contributed by atoms with Gasteiger partial charge >= 0.3 is 0 Å². The highest BCUT2D eigenvalue weighted by atomic mass is 32.1. The lowest BCUT2D eigenvalue weighted by molar-refractivity contribution is -0.146. The number of thiazole rings is 1. The molecule has 3 aromatic heterocycles. The highest BCUT2D eigenvalue weighted by Gasteiger charge is 2.44.